The van der Waals surface area contributed by atoms with E-state index in [2.05, 4.69) is 36.2 Å². The molecule has 0 aliphatic carbocycles. The fraction of sp³-hybridized carbons (Fsp3) is 0.217. The van der Waals surface area contributed by atoms with Gasteiger partial charge in [-0.15, -0.1) is 0 Å². The smallest absolute Gasteiger partial charge is 0.251 e. The molecular weight excluding hydrogens is 412 g/mol. The van der Waals surface area contributed by atoms with Crippen molar-refractivity contribution < 1.29 is 8.78 Å². The first kappa shape index (κ1) is 18.9. The molecule has 0 unspecified atom stereocenters. The third-order valence-corrected chi connectivity index (χ3v) is 5.99. The van der Waals surface area contributed by atoms with E-state index < -0.39 is 5.92 Å². The molecule has 0 saturated carbocycles. The number of aromatic nitrogens is 6. The average Bonchev–Trinajstić information content (AvgIpc) is 3.43. The van der Waals surface area contributed by atoms with E-state index in [-0.39, 0.29) is 12.8 Å². The highest BCUT2D eigenvalue weighted by atomic mass is 19.3. The summed E-state index contributed by atoms with van der Waals surface area (Å²) in [6.45, 7) is 0.584. The van der Waals surface area contributed by atoms with Gasteiger partial charge in [-0.1, -0.05) is 12.1 Å². The predicted molar refractivity (Wildman–Crippen MR) is 119 cm³/mol. The lowest BCUT2D eigenvalue weighted by molar-refractivity contribution is -0.0220. The molecule has 0 atom stereocenters. The summed E-state index contributed by atoms with van der Waals surface area (Å²) in [5.41, 5.74) is 5.70. The first-order valence-corrected chi connectivity index (χ1v) is 10.4. The first-order chi connectivity index (χ1) is 15.6. The summed E-state index contributed by atoms with van der Waals surface area (Å²) < 4.78 is 27.3. The summed E-state index contributed by atoms with van der Waals surface area (Å²) in [5, 5.41) is 8.46. The summed E-state index contributed by atoms with van der Waals surface area (Å²) in [7, 11) is 0. The Bertz CT molecular complexity index is 1410. The highest BCUT2D eigenvalue weighted by molar-refractivity contribution is 5.96. The fourth-order valence-electron chi connectivity index (χ4n) is 4.26. The lowest BCUT2D eigenvalue weighted by Gasteiger charge is -2.33. The second kappa shape index (κ2) is 7.08. The molecule has 32 heavy (non-hydrogen) atoms. The number of aromatic amines is 2. The van der Waals surface area contributed by atoms with Crippen LogP contribution in [-0.2, 0) is 0 Å². The second-order valence-electron chi connectivity index (χ2n) is 8.03. The van der Waals surface area contributed by atoms with E-state index in [1.54, 1.807) is 12.4 Å². The van der Waals surface area contributed by atoms with E-state index in [0.29, 0.717) is 30.3 Å². The number of fused-ring (bicyclic) bond motifs is 2. The Morgan fingerprint density at radius 3 is 2.69 bits per heavy atom. The van der Waals surface area contributed by atoms with Gasteiger partial charge in [0.15, 0.2) is 11.5 Å². The van der Waals surface area contributed by atoms with Crippen LogP contribution >= 0.6 is 0 Å². The van der Waals surface area contributed by atoms with Gasteiger partial charge in [0.1, 0.15) is 11.2 Å². The Labute approximate surface area is 181 Å². The third-order valence-electron chi connectivity index (χ3n) is 5.99. The van der Waals surface area contributed by atoms with Crippen LogP contribution in [0, 0.1) is 0 Å². The van der Waals surface area contributed by atoms with Crippen molar-refractivity contribution in [2.24, 2.45) is 0 Å². The van der Waals surface area contributed by atoms with Gasteiger partial charge in [-0.2, -0.15) is 5.10 Å². The van der Waals surface area contributed by atoms with Crippen molar-refractivity contribution in [1.29, 1.82) is 0 Å². The van der Waals surface area contributed by atoms with Crippen LogP contribution in [0.5, 0.6) is 0 Å². The molecule has 2 N–H and O–H groups in total. The minimum Gasteiger partial charge on any atom is -0.369 e. The number of anilines is 1. The SMILES string of the molecule is FC1(F)CCN(c2ccnc3nc(-c4n[nH]c5ccc(-c6cccnc6)cc45)[nH]c23)CC1. The number of halogens is 2. The molecule has 7 nitrogen and oxygen atoms in total. The maximum atomic E-state index is 13.6. The zero-order valence-corrected chi connectivity index (χ0v) is 17.0. The molecule has 1 aromatic carbocycles. The average molecular weight is 431 g/mol. The number of benzene rings is 1. The number of pyridine rings is 2. The summed E-state index contributed by atoms with van der Waals surface area (Å²) in [5.74, 6) is -2.02. The van der Waals surface area contributed by atoms with E-state index in [1.807, 2.05) is 41.4 Å². The number of nitrogens with one attached hydrogen (secondary N) is 2. The van der Waals surface area contributed by atoms with Crippen molar-refractivity contribution in [1.82, 2.24) is 30.1 Å². The number of H-pyrrole nitrogens is 2. The summed E-state index contributed by atoms with van der Waals surface area (Å²) in [6, 6.07) is 11.8. The molecule has 1 fully saturated rings. The number of piperidine rings is 1. The Morgan fingerprint density at radius 2 is 1.88 bits per heavy atom. The van der Waals surface area contributed by atoms with Gasteiger partial charge in [-0.25, -0.2) is 18.7 Å². The number of alkyl halides is 2. The van der Waals surface area contributed by atoms with Gasteiger partial charge in [0.2, 0.25) is 0 Å². The zero-order valence-electron chi connectivity index (χ0n) is 17.0. The van der Waals surface area contributed by atoms with E-state index in [1.165, 1.54) is 0 Å². The monoisotopic (exact) mass is 431 g/mol. The Morgan fingerprint density at radius 1 is 1.00 bits per heavy atom. The Balaban J connectivity index is 1.42. The summed E-state index contributed by atoms with van der Waals surface area (Å²) in [4.78, 5) is 18.5. The number of nitrogens with zero attached hydrogens (tertiary/aromatic N) is 5. The van der Waals surface area contributed by atoms with Gasteiger partial charge >= 0.3 is 0 Å². The summed E-state index contributed by atoms with van der Waals surface area (Å²) >= 11 is 0. The van der Waals surface area contributed by atoms with Crippen LogP contribution in [0.15, 0.2) is 55.0 Å². The number of rotatable bonds is 3. The highest BCUT2D eigenvalue weighted by Crippen LogP contribution is 2.35. The molecule has 1 aliphatic heterocycles. The highest BCUT2D eigenvalue weighted by Gasteiger charge is 2.34. The van der Waals surface area contributed by atoms with Gasteiger partial charge in [-0.3, -0.25) is 10.1 Å². The minimum atomic E-state index is -2.60. The van der Waals surface area contributed by atoms with Gasteiger partial charge in [0, 0.05) is 55.5 Å². The quantitative estimate of drug-likeness (QED) is 0.429. The molecule has 0 spiro atoms. The molecule has 9 heteroatoms. The van der Waals surface area contributed by atoms with Crippen molar-refractivity contribution in [3.63, 3.8) is 0 Å². The van der Waals surface area contributed by atoms with E-state index in [0.717, 1.165) is 33.2 Å². The van der Waals surface area contributed by atoms with Crippen LogP contribution in [0.1, 0.15) is 12.8 Å². The van der Waals surface area contributed by atoms with E-state index in [9.17, 15) is 8.78 Å². The predicted octanol–water partition coefficient (Wildman–Crippen LogP) is 4.80. The fourth-order valence-corrected chi connectivity index (χ4v) is 4.26. The largest absolute Gasteiger partial charge is 0.369 e. The maximum absolute atomic E-state index is 13.6. The molecule has 6 rings (SSSR count). The molecule has 1 aliphatic rings. The van der Waals surface area contributed by atoms with Crippen LogP contribution in [0.25, 0.3) is 44.7 Å². The molecule has 0 bridgehead atoms. The topological polar surface area (TPSA) is 86.4 Å². The lowest BCUT2D eigenvalue weighted by atomic mass is 10.0. The van der Waals surface area contributed by atoms with Crippen molar-refractivity contribution in [2.45, 2.75) is 18.8 Å². The number of hydrogen-bond donors (Lipinski definition) is 2. The Hall–Kier alpha value is -3.88. The van der Waals surface area contributed by atoms with Crippen LogP contribution < -0.4 is 4.90 Å². The molecule has 5 heterocycles. The third kappa shape index (κ3) is 3.17. The molecular formula is C23H19F2N7. The van der Waals surface area contributed by atoms with Gasteiger partial charge < -0.3 is 9.88 Å². The van der Waals surface area contributed by atoms with Gasteiger partial charge in [-0.05, 0) is 29.8 Å². The zero-order chi connectivity index (χ0) is 21.7. The normalized spacial score (nSPS) is 16.1. The first-order valence-electron chi connectivity index (χ1n) is 10.4. The van der Waals surface area contributed by atoms with Crippen LogP contribution in [-0.4, -0.2) is 49.1 Å². The number of imidazole rings is 1. The van der Waals surface area contributed by atoms with Crippen LogP contribution in [0.3, 0.4) is 0 Å². The van der Waals surface area contributed by atoms with E-state index in [4.69, 9.17) is 0 Å². The molecule has 1 saturated heterocycles. The minimum absolute atomic E-state index is 0.154. The molecule has 4 aromatic heterocycles. The van der Waals surface area contributed by atoms with Crippen molar-refractivity contribution in [2.75, 3.05) is 18.0 Å². The van der Waals surface area contributed by atoms with Crippen molar-refractivity contribution in [3.8, 4) is 22.6 Å². The van der Waals surface area contributed by atoms with Gasteiger partial charge in [0.05, 0.1) is 11.2 Å². The standard InChI is InChI=1S/C23H19F2N7/c24-23(25)6-10-32(11-7-23)18-5-9-27-21-20(18)28-22(29-21)19-16-12-14(3-4-17(16)30-31-19)15-2-1-8-26-13-15/h1-5,8-9,12-13H,6-7,10-11H2,(H,30,31)(H,27,28,29). The number of hydrogen-bond acceptors (Lipinski definition) is 5. The maximum Gasteiger partial charge on any atom is 0.251 e. The van der Waals surface area contributed by atoms with Crippen molar-refractivity contribution >= 4 is 27.8 Å². The van der Waals surface area contributed by atoms with Crippen LogP contribution in [0.2, 0.25) is 0 Å². The van der Waals surface area contributed by atoms with E-state index >= 15 is 0 Å². The van der Waals surface area contributed by atoms with Crippen molar-refractivity contribution in [3.05, 3.63) is 55.0 Å². The van der Waals surface area contributed by atoms with Crippen LogP contribution in [0.4, 0.5) is 14.5 Å². The molecule has 0 radical (unpaired) electrons. The summed E-state index contributed by atoms with van der Waals surface area (Å²) in [6.07, 6.45) is 4.92. The second-order valence-corrected chi connectivity index (χ2v) is 8.03. The molecule has 0 amide bonds. The van der Waals surface area contributed by atoms with Gasteiger partial charge in [0.25, 0.3) is 5.92 Å². The molecule has 160 valence electrons. The Kier molecular flexibility index (Phi) is 4.17. The molecule has 5 aromatic rings. The lowest BCUT2D eigenvalue weighted by Crippen LogP contribution is -2.39.